The lowest BCUT2D eigenvalue weighted by atomic mass is 10.1. The van der Waals surface area contributed by atoms with Crippen LogP contribution in [0.5, 0.6) is 0 Å². The van der Waals surface area contributed by atoms with E-state index in [1.54, 1.807) is 6.92 Å². The van der Waals surface area contributed by atoms with E-state index < -0.39 is 0 Å². The first-order valence-corrected chi connectivity index (χ1v) is 6.71. The summed E-state index contributed by atoms with van der Waals surface area (Å²) in [7, 11) is 0. The van der Waals surface area contributed by atoms with Crippen LogP contribution in [0.2, 0.25) is 5.15 Å². The van der Waals surface area contributed by atoms with Gasteiger partial charge in [-0.25, -0.2) is 4.68 Å². The Labute approximate surface area is 117 Å². The van der Waals surface area contributed by atoms with Crippen molar-refractivity contribution in [2.24, 2.45) is 0 Å². The standard InChI is InChI=1S/C15H17ClN2O/c1-11-5-3-7-13(8-4-6-11)10-18-14(19)9-12(2)15(16)17-18/h3,5-7,9H,4,8,10H2,1-2H3/b5-3-,11-6-,13-7-. The Balaban J connectivity index is 2.22. The first-order chi connectivity index (χ1) is 9.06. The Kier molecular flexibility index (Phi) is 4.38. The number of nitrogens with zero attached hydrogens (tertiary/aromatic N) is 2. The molecule has 0 N–H and O–H groups in total. The molecule has 3 nitrogen and oxygen atoms in total. The van der Waals surface area contributed by atoms with Gasteiger partial charge in [0.1, 0.15) is 0 Å². The summed E-state index contributed by atoms with van der Waals surface area (Å²) in [4.78, 5) is 11.9. The summed E-state index contributed by atoms with van der Waals surface area (Å²) in [5.74, 6) is 0. The predicted molar refractivity (Wildman–Crippen MR) is 78.5 cm³/mol. The molecule has 1 aliphatic carbocycles. The molecule has 0 saturated carbocycles. The third-order valence-electron chi connectivity index (χ3n) is 3.10. The van der Waals surface area contributed by atoms with Crippen LogP contribution in [-0.4, -0.2) is 9.78 Å². The summed E-state index contributed by atoms with van der Waals surface area (Å²) in [6.45, 7) is 4.36. The maximum Gasteiger partial charge on any atom is 0.267 e. The van der Waals surface area contributed by atoms with Gasteiger partial charge in [0.15, 0.2) is 5.15 Å². The smallest absolute Gasteiger partial charge is 0.267 e. The summed E-state index contributed by atoms with van der Waals surface area (Å²) < 4.78 is 1.42. The summed E-state index contributed by atoms with van der Waals surface area (Å²) in [6.07, 6.45) is 10.2. The van der Waals surface area contributed by atoms with E-state index in [2.05, 4.69) is 30.3 Å². The lowest BCUT2D eigenvalue weighted by Crippen LogP contribution is -2.23. The minimum absolute atomic E-state index is 0.111. The average Bonchev–Trinajstić information content (AvgIpc) is 2.32. The van der Waals surface area contributed by atoms with Crippen molar-refractivity contribution in [3.8, 4) is 0 Å². The highest BCUT2D eigenvalue weighted by molar-refractivity contribution is 6.30. The fourth-order valence-electron chi connectivity index (χ4n) is 1.96. The van der Waals surface area contributed by atoms with Crippen LogP contribution in [0.3, 0.4) is 0 Å². The minimum atomic E-state index is -0.111. The van der Waals surface area contributed by atoms with Crippen LogP contribution in [0.4, 0.5) is 0 Å². The van der Waals surface area contributed by atoms with Crippen molar-refractivity contribution in [1.29, 1.82) is 0 Å². The first-order valence-electron chi connectivity index (χ1n) is 6.33. The van der Waals surface area contributed by atoms with E-state index in [0.717, 1.165) is 12.8 Å². The van der Waals surface area contributed by atoms with Gasteiger partial charge in [-0.3, -0.25) is 4.79 Å². The van der Waals surface area contributed by atoms with E-state index in [1.165, 1.54) is 21.9 Å². The summed E-state index contributed by atoms with van der Waals surface area (Å²) in [6, 6.07) is 1.53. The molecule has 100 valence electrons. The number of aromatic nitrogens is 2. The third-order valence-corrected chi connectivity index (χ3v) is 3.48. The molecule has 0 aromatic carbocycles. The van der Waals surface area contributed by atoms with E-state index >= 15 is 0 Å². The van der Waals surface area contributed by atoms with Gasteiger partial charge in [0, 0.05) is 6.07 Å². The van der Waals surface area contributed by atoms with Gasteiger partial charge in [-0.15, -0.1) is 0 Å². The Hall–Kier alpha value is -1.61. The van der Waals surface area contributed by atoms with Crippen LogP contribution in [-0.2, 0) is 6.54 Å². The maximum absolute atomic E-state index is 11.9. The Morgan fingerprint density at radius 3 is 3.00 bits per heavy atom. The molecule has 1 heterocycles. The summed E-state index contributed by atoms with van der Waals surface area (Å²) >= 11 is 5.97. The molecule has 0 bridgehead atoms. The van der Waals surface area contributed by atoms with Gasteiger partial charge in [0.2, 0.25) is 0 Å². The molecule has 0 saturated heterocycles. The Bertz CT molecular complexity index is 624. The molecule has 0 spiro atoms. The zero-order chi connectivity index (χ0) is 13.8. The van der Waals surface area contributed by atoms with Crippen LogP contribution in [0, 0.1) is 6.92 Å². The quantitative estimate of drug-likeness (QED) is 0.829. The van der Waals surface area contributed by atoms with Gasteiger partial charge in [-0.2, -0.15) is 5.10 Å². The molecule has 19 heavy (non-hydrogen) atoms. The van der Waals surface area contributed by atoms with E-state index in [-0.39, 0.29) is 5.56 Å². The fraction of sp³-hybridized carbons (Fsp3) is 0.333. The van der Waals surface area contributed by atoms with Crippen molar-refractivity contribution in [2.75, 3.05) is 0 Å². The lowest BCUT2D eigenvalue weighted by molar-refractivity contribution is 0.613. The van der Waals surface area contributed by atoms with Crippen molar-refractivity contribution in [2.45, 2.75) is 33.2 Å². The normalized spacial score (nSPS) is 22.7. The lowest BCUT2D eigenvalue weighted by Gasteiger charge is -2.10. The zero-order valence-electron chi connectivity index (χ0n) is 11.2. The second-order valence-corrected chi connectivity index (χ2v) is 5.14. The van der Waals surface area contributed by atoms with Gasteiger partial charge < -0.3 is 0 Å². The van der Waals surface area contributed by atoms with E-state index in [9.17, 15) is 4.79 Å². The third kappa shape index (κ3) is 3.67. The van der Waals surface area contributed by atoms with Crippen LogP contribution >= 0.6 is 11.6 Å². The fourth-order valence-corrected chi connectivity index (χ4v) is 2.11. The van der Waals surface area contributed by atoms with Crippen molar-refractivity contribution in [3.05, 3.63) is 62.6 Å². The number of aryl methyl sites for hydroxylation is 1. The highest BCUT2D eigenvalue weighted by Gasteiger charge is 2.06. The Morgan fingerprint density at radius 1 is 1.42 bits per heavy atom. The molecular weight excluding hydrogens is 260 g/mol. The molecule has 1 aromatic rings. The monoisotopic (exact) mass is 276 g/mol. The molecule has 0 fully saturated rings. The van der Waals surface area contributed by atoms with Crippen LogP contribution in [0.25, 0.3) is 0 Å². The van der Waals surface area contributed by atoms with Gasteiger partial charge >= 0.3 is 0 Å². The number of rotatable bonds is 2. The van der Waals surface area contributed by atoms with Gasteiger partial charge in [-0.05, 0) is 37.8 Å². The minimum Gasteiger partial charge on any atom is -0.268 e. The first kappa shape index (κ1) is 13.8. The predicted octanol–water partition coefficient (Wildman–Crippen LogP) is 3.43. The largest absolute Gasteiger partial charge is 0.268 e. The molecule has 2 rings (SSSR count). The SMILES string of the molecule is CC1=C/CC/C(Cn2nc(Cl)c(C)cc2=O)=C/C=C\1. The van der Waals surface area contributed by atoms with Crippen molar-refractivity contribution >= 4 is 11.6 Å². The second-order valence-electron chi connectivity index (χ2n) is 4.78. The summed E-state index contributed by atoms with van der Waals surface area (Å²) in [5, 5.41) is 4.51. The molecule has 0 unspecified atom stereocenters. The number of halogens is 1. The van der Waals surface area contributed by atoms with Gasteiger partial charge in [-0.1, -0.05) is 41.5 Å². The number of hydrogen-bond acceptors (Lipinski definition) is 2. The van der Waals surface area contributed by atoms with Crippen LogP contribution in [0.15, 0.2) is 46.3 Å². The number of allylic oxidation sites excluding steroid dienone is 6. The van der Waals surface area contributed by atoms with Gasteiger partial charge in [0.25, 0.3) is 5.56 Å². The molecule has 0 amide bonds. The van der Waals surface area contributed by atoms with Crippen LogP contribution < -0.4 is 5.56 Å². The van der Waals surface area contributed by atoms with Crippen LogP contribution in [0.1, 0.15) is 25.3 Å². The molecule has 1 aromatic heterocycles. The number of hydrogen-bond donors (Lipinski definition) is 0. The molecule has 4 heteroatoms. The van der Waals surface area contributed by atoms with Crippen molar-refractivity contribution in [1.82, 2.24) is 9.78 Å². The highest BCUT2D eigenvalue weighted by atomic mass is 35.5. The molecule has 0 radical (unpaired) electrons. The highest BCUT2D eigenvalue weighted by Crippen LogP contribution is 2.14. The van der Waals surface area contributed by atoms with E-state index in [4.69, 9.17) is 11.6 Å². The van der Waals surface area contributed by atoms with Crippen molar-refractivity contribution < 1.29 is 0 Å². The summed E-state index contributed by atoms with van der Waals surface area (Å²) in [5.41, 5.74) is 3.05. The van der Waals surface area contributed by atoms with E-state index in [1.807, 2.05) is 6.08 Å². The van der Waals surface area contributed by atoms with E-state index in [0.29, 0.717) is 17.3 Å². The topological polar surface area (TPSA) is 34.9 Å². The molecule has 0 aliphatic heterocycles. The van der Waals surface area contributed by atoms with Gasteiger partial charge in [0.05, 0.1) is 6.54 Å². The van der Waals surface area contributed by atoms with Crippen molar-refractivity contribution in [3.63, 3.8) is 0 Å². The second kappa shape index (κ2) is 6.02. The zero-order valence-corrected chi connectivity index (χ0v) is 11.9. The maximum atomic E-state index is 11.9. The molecule has 0 atom stereocenters. The molecule has 1 aliphatic rings. The Morgan fingerprint density at radius 2 is 2.21 bits per heavy atom. The average molecular weight is 277 g/mol. The molecular formula is C15H17ClN2O.